The van der Waals surface area contributed by atoms with E-state index in [0.29, 0.717) is 10.9 Å². The molecule has 0 saturated carbocycles. The highest BCUT2D eigenvalue weighted by atomic mass is 32.2. The minimum atomic E-state index is -4.90. The van der Waals surface area contributed by atoms with Crippen molar-refractivity contribution < 1.29 is 25.8 Å². The molecule has 2 heterocycles. The molecule has 9 heteroatoms. The second kappa shape index (κ2) is 7.38. The third-order valence-corrected chi connectivity index (χ3v) is 6.58. The number of fused-ring (bicyclic) bond motifs is 1. The van der Waals surface area contributed by atoms with Gasteiger partial charge in [0.1, 0.15) is 11.6 Å². The Morgan fingerprint density at radius 2 is 1.72 bits per heavy atom. The maximum Gasteiger partial charge on any atom is 0.345 e. The minimum Gasteiger partial charge on any atom is -0.376 e. The number of rotatable bonds is 4. The first-order valence-corrected chi connectivity index (χ1v) is 10.5. The van der Waals surface area contributed by atoms with E-state index in [0.717, 1.165) is 55.8 Å². The quantitative estimate of drug-likeness (QED) is 0.639. The minimum absolute atomic E-state index is 0.235. The van der Waals surface area contributed by atoms with Crippen molar-refractivity contribution in [2.24, 2.45) is 0 Å². The molecule has 1 fully saturated rings. The molecule has 1 aliphatic heterocycles. The summed E-state index contributed by atoms with van der Waals surface area (Å²) in [5.41, 5.74) is 1.44. The number of aromatic amines is 1. The van der Waals surface area contributed by atoms with Gasteiger partial charge in [-0.3, -0.25) is 0 Å². The van der Waals surface area contributed by atoms with Crippen molar-refractivity contribution in [2.45, 2.75) is 23.7 Å². The summed E-state index contributed by atoms with van der Waals surface area (Å²) in [6.45, 7) is 1.84. The third-order valence-electron chi connectivity index (χ3n) is 5.29. The lowest BCUT2D eigenvalue weighted by atomic mass is 9.89. The fourth-order valence-electron chi connectivity index (χ4n) is 3.75. The van der Waals surface area contributed by atoms with Crippen molar-refractivity contribution >= 4 is 21.0 Å². The van der Waals surface area contributed by atoms with Crippen LogP contribution < -0.4 is 4.18 Å². The first kappa shape index (κ1) is 19.8. The van der Waals surface area contributed by atoms with E-state index in [4.69, 9.17) is 4.18 Å². The molecule has 5 nitrogen and oxygen atoms in total. The van der Waals surface area contributed by atoms with Crippen molar-refractivity contribution in [2.75, 3.05) is 20.1 Å². The number of nitrogens with zero attached hydrogens (tertiary/aromatic N) is 1. The maximum atomic E-state index is 14.5. The number of hydrogen-bond acceptors (Lipinski definition) is 4. The molecule has 1 aliphatic rings. The Morgan fingerprint density at radius 3 is 2.38 bits per heavy atom. The second-order valence-electron chi connectivity index (χ2n) is 7.24. The summed E-state index contributed by atoms with van der Waals surface area (Å²) in [5, 5.41) is 0.625. The monoisotopic (exact) mass is 424 g/mol. The lowest BCUT2D eigenvalue weighted by Gasteiger charge is -2.28. The van der Waals surface area contributed by atoms with Crippen molar-refractivity contribution in [1.82, 2.24) is 9.88 Å². The molecule has 0 aliphatic carbocycles. The number of likely N-dealkylation sites (tertiary alicyclic amines) is 1. The number of benzene rings is 2. The van der Waals surface area contributed by atoms with E-state index in [-0.39, 0.29) is 5.92 Å². The van der Waals surface area contributed by atoms with E-state index >= 15 is 0 Å². The fourth-order valence-corrected chi connectivity index (χ4v) is 4.81. The molecule has 1 saturated heterocycles. The van der Waals surface area contributed by atoms with E-state index in [1.807, 2.05) is 7.05 Å². The number of aromatic nitrogens is 1. The number of piperidine rings is 1. The van der Waals surface area contributed by atoms with Crippen LogP contribution in [0.15, 0.2) is 41.4 Å². The molecule has 0 amide bonds. The van der Waals surface area contributed by atoms with Crippen LogP contribution in [0.5, 0.6) is 5.75 Å². The summed E-state index contributed by atoms with van der Waals surface area (Å²) in [4.78, 5) is 3.97. The van der Waals surface area contributed by atoms with Crippen LogP contribution in [0.4, 0.5) is 13.2 Å². The fraction of sp³-hybridized carbons (Fsp3) is 0.300. The molecule has 1 N–H and O–H groups in total. The van der Waals surface area contributed by atoms with Crippen LogP contribution >= 0.6 is 0 Å². The molecule has 29 heavy (non-hydrogen) atoms. The SMILES string of the molecule is CN1CCC(c2c[nH]c3cc(F)c(OS(=O)(=O)c4c(F)cccc4F)cc23)CC1. The topological polar surface area (TPSA) is 62.4 Å². The summed E-state index contributed by atoms with van der Waals surface area (Å²) in [6.07, 6.45) is 3.61. The molecule has 154 valence electrons. The van der Waals surface area contributed by atoms with Gasteiger partial charge in [-0.2, -0.15) is 8.42 Å². The largest absolute Gasteiger partial charge is 0.376 e. The smallest absolute Gasteiger partial charge is 0.345 e. The Hall–Kier alpha value is -2.52. The highest BCUT2D eigenvalue weighted by Gasteiger charge is 2.28. The highest BCUT2D eigenvalue weighted by molar-refractivity contribution is 7.87. The normalized spacial score (nSPS) is 16.4. The van der Waals surface area contributed by atoms with Gasteiger partial charge in [0.2, 0.25) is 0 Å². The molecule has 0 radical (unpaired) electrons. The summed E-state index contributed by atoms with van der Waals surface area (Å²) >= 11 is 0. The van der Waals surface area contributed by atoms with E-state index in [2.05, 4.69) is 9.88 Å². The molecule has 0 bridgehead atoms. The van der Waals surface area contributed by atoms with Crippen LogP contribution in [0.1, 0.15) is 24.3 Å². The van der Waals surface area contributed by atoms with E-state index in [9.17, 15) is 21.6 Å². The Bertz CT molecular complexity index is 1150. The van der Waals surface area contributed by atoms with Crippen molar-refractivity contribution in [3.63, 3.8) is 0 Å². The summed E-state index contributed by atoms with van der Waals surface area (Å²) in [7, 11) is -2.86. The Kier molecular flexibility index (Phi) is 5.04. The Labute approximate surface area is 166 Å². The highest BCUT2D eigenvalue weighted by Crippen LogP contribution is 2.36. The summed E-state index contributed by atoms with van der Waals surface area (Å²) in [5.74, 6) is -3.93. The lowest BCUT2D eigenvalue weighted by molar-refractivity contribution is 0.256. The zero-order valence-corrected chi connectivity index (χ0v) is 16.4. The third kappa shape index (κ3) is 3.72. The molecule has 1 aromatic heterocycles. The average Bonchev–Trinajstić information content (AvgIpc) is 3.04. The standard InChI is InChI=1S/C20H19F3N2O3S/c1-25-7-5-12(6-8-25)14-11-24-18-10-17(23)19(9-13(14)18)28-29(26,27)20-15(21)3-2-4-16(20)22/h2-4,9-12,24H,5-8H2,1H3. The average molecular weight is 424 g/mol. The second-order valence-corrected chi connectivity index (χ2v) is 8.72. The van der Waals surface area contributed by atoms with Gasteiger partial charge in [0.05, 0.1) is 0 Å². The number of H-pyrrole nitrogens is 1. The van der Waals surface area contributed by atoms with Gasteiger partial charge >= 0.3 is 10.1 Å². The Morgan fingerprint density at radius 1 is 1.07 bits per heavy atom. The van der Waals surface area contributed by atoms with Crippen molar-refractivity contribution in [1.29, 1.82) is 0 Å². The number of nitrogens with one attached hydrogen (secondary N) is 1. The molecular weight excluding hydrogens is 405 g/mol. The number of hydrogen-bond donors (Lipinski definition) is 1. The molecule has 3 aromatic rings. The molecule has 4 rings (SSSR count). The Balaban J connectivity index is 1.72. The zero-order chi connectivity index (χ0) is 20.8. The molecule has 0 spiro atoms. The van der Waals surface area contributed by atoms with Gasteiger partial charge in [-0.15, -0.1) is 0 Å². The van der Waals surface area contributed by atoms with E-state index in [1.54, 1.807) is 6.20 Å². The van der Waals surface area contributed by atoms with E-state index in [1.165, 1.54) is 6.07 Å². The summed E-state index contributed by atoms with van der Waals surface area (Å²) in [6, 6.07) is 5.01. The van der Waals surface area contributed by atoms with Crippen LogP contribution in [-0.2, 0) is 10.1 Å². The lowest BCUT2D eigenvalue weighted by Crippen LogP contribution is -2.29. The van der Waals surface area contributed by atoms with Crippen molar-refractivity contribution in [3.8, 4) is 5.75 Å². The van der Waals surface area contributed by atoms with Gasteiger partial charge in [0, 0.05) is 23.2 Å². The molecule has 0 atom stereocenters. The van der Waals surface area contributed by atoms with Gasteiger partial charge in [0.15, 0.2) is 16.5 Å². The van der Waals surface area contributed by atoms with Gasteiger partial charge in [-0.1, -0.05) is 6.07 Å². The van der Waals surface area contributed by atoms with Crippen LogP contribution in [0.3, 0.4) is 0 Å². The van der Waals surface area contributed by atoms with Gasteiger partial charge in [-0.25, -0.2) is 13.2 Å². The first-order chi connectivity index (χ1) is 13.8. The molecular formula is C20H19F3N2O3S. The first-order valence-electron chi connectivity index (χ1n) is 9.14. The van der Waals surface area contributed by atoms with Gasteiger partial charge in [0.25, 0.3) is 0 Å². The van der Waals surface area contributed by atoms with Crippen LogP contribution in [0.25, 0.3) is 10.9 Å². The molecule has 2 aromatic carbocycles. The van der Waals surface area contributed by atoms with Gasteiger partial charge < -0.3 is 14.1 Å². The maximum absolute atomic E-state index is 14.5. The van der Waals surface area contributed by atoms with Crippen LogP contribution in [0.2, 0.25) is 0 Å². The van der Waals surface area contributed by atoms with Crippen LogP contribution in [0, 0.1) is 17.5 Å². The zero-order valence-electron chi connectivity index (χ0n) is 15.6. The molecule has 0 unspecified atom stereocenters. The summed E-state index contributed by atoms with van der Waals surface area (Å²) < 4.78 is 71.9. The predicted octanol–water partition coefficient (Wildman–Crippen LogP) is 4.16. The van der Waals surface area contributed by atoms with Crippen molar-refractivity contribution in [3.05, 3.63) is 59.5 Å². The number of halogens is 3. The van der Waals surface area contributed by atoms with E-state index < -0.39 is 38.2 Å². The predicted molar refractivity (Wildman–Crippen MR) is 102 cm³/mol. The van der Waals surface area contributed by atoms with Gasteiger partial charge in [-0.05, 0) is 62.7 Å². The van der Waals surface area contributed by atoms with Crippen LogP contribution in [-0.4, -0.2) is 38.4 Å².